The third-order valence-electron chi connectivity index (χ3n) is 7.49. The first-order valence-electron chi connectivity index (χ1n) is 13.3. The monoisotopic (exact) mass is 451 g/mol. The maximum Gasteiger partial charge on any atom is 0.0174 e. The van der Waals surface area contributed by atoms with E-state index in [-0.39, 0.29) is 0 Å². The third-order valence-corrected chi connectivity index (χ3v) is 7.49. The van der Waals surface area contributed by atoms with Crippen LogP contribution in [0.5, 0.6) is 0 Å². The van der Waals surface area contributed by atoms with Crippen molar-refractivity contribution in [2.75, 3.05) is 13.1 Å². The minimum atomic E-state index is 0.479. The summed E-state index contributed by atoms with van der Waals surface area (Å²) < 4.78 is 0. The lowest BCUT2D eigenvalue weighted by molar-refractivity contribution is 0.190. The Labute approximate surface area is 207 Å². The maximum absolute atomic E-state index is 2.76. The van der Waals surface area contributed by atoms with E-state index in [2.05, 4.69) is 111 Å². The Kier molecular flexibility index (Phi) is 8.77. The summed E-state index contributed by atoms with van der Waals surface area (Å²) in [6, 6.07) is 27.7. The van der Waals surface area contributed by atoms with Crippen LogP contribution >= 0.6 is 0 Å². The molecule has 2 unspecified atom stereocenters. The van der Waals surface area contributed by atoms with E-state index in [9.17, 15) is 0 Å². The molecule has 178 valence electrons. The summed E-state index contributed by atoms with van der Waals surface area (Å²) in [7, 11) is 0. The van der Waals surface area contributed by atoms with Gasteiger partial charge in [0.15, 0.2) is 0 Å². The molecule has 0 heterocycles. The standard InChI is InChI=1S/C33H41N/c1-4-28-13-8-15-30(25-28)17-11-23-34(22-10-16-29-14-7-12-26(2)24-29)27(3)32-21-9-19-31-18-5-6-20-33(31)32/h5-9,12-15,18,20-21,24-25,27,32H,4,10-11,16-17,19,22-23H2,1-3H3. The molecule has 0 spiro atoms. The van der Waals surface area contributed by atoms with Gasteiger partial charge in [0.2, 0.25) is 0 Å². The molecular weight excluding hydrogens is 410 g/mol. The second kappa shape index (κ2) is 12.2. The molecule has 0 radical (unpaired) electrons. The van der Waals surface area contributed by atoms with Crippen LogP contribution in [0.15, 0.2) is 84.9 Å². The first-order valence-corrected chi connectivity index (χ1v) is 13.3. The molecule has 0 saturated carbocycles. The summed E-state index contributed by atoms with van der Waals surface area (Å²) in [6.45, 7) is 9.18. The van der Waals surface area contributed by atoms with Gasteiger partial charge >= 0.3 is 0 Å². The van der Waals surface area contributed by atoms with Crippen LogP contribution in [0.25, 0.3) is 0 Å². The summed E-state index contributed by atoms with van der Waals surface area (Å²) in [5, 5.41) is 0. The topological polar surface area (TPSA) is 3.24 Å². The highest BCUT2D eigenvalue weighted by molar-refractivity contribution is 5.39. The molecule has 1 nitrogen and oxygen atoms in total. The number of benzene rings is 3. The van der Waals surface area contributed by atoms with Crippen LogP contribution in [0.3, 0.4) is 0 Å². The summed E-state index contributed by atoms with van der Waals surface area (Å²) >= 11 is 0. The first-order chi connectivity index (χ1) is 16.6. The zero-order chi connectivity index (χ0) is 23.8. The Morgan fingerprint density at radius 2 is 1.50 bits per heavy atom. The SMILES string of the molecule is CCc1cccc(CCCN(CCCc2cccc(C)c2)C(C)C2C=CCc3ccccc32)c1. The van der Waals surface area contributed by atoms with Crippen molar-refractivity contribution in [3.63, 3.8) is 0 Å². The van der Waals surface area contributed by atoms with Crippen molar-refractivity contribution in [3.05, 3.63) is 118 Å². The van der Waals surface area contributed by atoms with Crippen molar-refractivity contribution in [1.82, 2.24) is 4.90 Å². The molecule has 0 amide bonds. The van der Waals surface area contributed by atoms with Crippen molar-refractivity contribution in [3.8, 4) is 0 Å². The van der Waals surface area contributed by atoms with Gasteiger partial charge in [-0.15, -0.1) is 0 Å². The van der Waals surface area contributed by atoms with Crippen LogP contribution in [0, 0.1) is 6.92 Å². The van der Waals surface area contributed by atoms with Crippen LogP contribution < -0.4 is 0 Å². The molecule has 3 aromatic carbocycles. The Balaban J connectivity index is 1.43. The Morgan fingerprint density at radius 3 is 2.24 bits per heavy atom. The van der Waals surface area contributed by atoms with Crippen molar-refractivity contribution in [2.45, 2.75) is 71.3 Å². The van der Waals surface area contributed by atoms with Gasteiger partial charge in [0.25, 0.3) is 0 Å². The predicted octanol–water partition coefficient (Wildman–Crippen LogP) is 7.71. The lowest BCUT2D eigenvalue weighted by atomic mass is 9.83. The lowest BCUT2D eigenvalue weighted by Crippen LogP contribution is -2.39. The highest BCUT2D eigenvalue weighted by Crippen LogP contribution is 2.32. The molecular formula is C33H41N. The summed E-state index contributed by atoms with van der Waals surface area (Å²) in [5.41, 5.74) is 8.78. The largest absolute Gasteiger partial charge is 0.300 e. The molecule has 1 heteroatoms. The van der Waals surface area contributed by atoms with Gasteiger partial charge in [-0.2, -0.15) is 0 Å². The molecule has 0 aromatic heterocycles. The lowest BCUT2D eigenvalue weighted by Gasteiger charge is -2.36. The van der Waals surface area contributed by atoms with Crippen LogP contribution in [-0.4, -0.2) is 24.0 Å². The van der Waals surface area contributed by atoms with E-state index in [1.54, 1.807) is 0 Å². The molecule has 0 bridgehead atoms. The highest BCUT2D eigenvalue weighted by Gasteiger charge is 2.26. The molecule has 34 heavy (non-hydrogen) atoms. The quantitative estimate of drug-likeness (QED) is 0.270. The van der Waals surface area contributed by atoms with Gasteiger partial charge in [-0.3, -0.25) is 4.90 Å². The van der Waals surface area contributed by atoms with Crippen LogP contribution in [0.2, 0.25) is 0 Å². The van der Waals surface area contributed by atoms with Crippen molar-refractivity contribution >= 4 is 0 Å². The van der Waals surface area contributed by atoms with E-state index < -0.39 is 0 Å². The molecule has 1 aliphatic carbocycles. The van der Waals surface area contributed by atoms with E-state index in [0.717, 1.165) is 38.8 Å². The second-order valence-electron chi connectivity index (χ2n) is 10.0. The van der Waals surface area contributed by atoms with Gasteiger partial charge in [-0.25, -0.2) is 0 Å². The number of allylic oxidation sites excluding steroid dienone is 1. The number of nitrogens with zero attached hydrogens (tertiary/aromatic N) is 1. The average molecular weight is 452 g/mol. The van der Waals surface area contributed by atoms with E-state index in [1.165, 1.54) is 46.2 Å². The number of rotatable bonds is 11. The van der Waals surface area contributed by atoms with Crippen molar-refractivity contribution < 1.29 is 0 Å². The van der Waals surface area contributed by atoms with Gasteiger partial charge in [0.05, 0.1) is 0 Å². The molecule has 0 aliphatic heterocycles. The van der Waals surface area contributed by atoms with Crippen LogP contribution in [0.4, 0.5) is 0 Å². The van der Waals surface area contributed by atoms with Gasteiger partial charge in [0.1, 0.15) is 0 Å². The van der Waals surface area contributed by atoms with Gasteiger partial charge < -0.3 is 0 Å². The second-order valence-corrected chi connectivity index (χ2v) is 10.0. The average Bonchev–Trinajstić information content (AvgIpc) is 2.87. The van der Waals surface area contributed by atoms with Crippen molar-refractivity contribution in [2.24, 2.45) is 0 Å². The number of fused-ring (bicyclic) bond motifs is 1. The van der Waals surface area contributed by atoms with Crippen LogP contribution in [0.1, 0.15) is 66.0 Å². The molecule has 0 saturated heterocycles. The van der Waals surface area contributed by atoms with E-state index in [4.69, 9.17) is 0 Å². The molecule has 0 N–H and O–H groups in total. The fourth-order valence-electron chi connectivity index (χ4n) is 5.50. The van der Waals surface area contributed by atoms with Crippen molar-refractivity contribution in [1.29, 1.82) is 0 Å². The molecule has 4 rings (SSSR count). The third kappa shape index (κ3) is 6.48. The number of hydrogen-bond acceptors (Lipinski definition) is 1. The number of hydrogen-bond donors (Lipinski definition) is 0. The van der Waals surface area contributed by atoms with Gasteiger partial charge in [-0.05, 0) is 93.3 Å². The highest BCUT2D eigenvalue weighted by atomic mass is 15.1. The molecule has 2 atom stereocenters. The zero-order valence-electron chi connectivity index (χ0n) is 21.3. The fraction of sp³-hybridized carbons (Fsp3) is 0.394. The Hall–Kier alpha value is -2.64. The normalized spacial score (nSPS) is 15.9. The zero-order valence-corrected chi connectivity index (χ0v) is 21.3. The smallest absolute Gasteiger partial charge is 0.0174 e. The van der Waals surface area contributed by atoms with E-state index in [0.29, 0.717) is 12.0 Å². The summed E-state index contributed by atoms with van der Waals surface area (Å²) in [6.07, 6.45) is 11.8. The summed E-state index contributed by atoms with van der Waals surface area (Å²) in [4.78, 5) is 2.76. The fourth-order valence-corrected chi connectivity index (χ4v) is 5.50. The first kappa shape index (κ1) is 24.5. The minimum absolute atomic E-state index is 0.479. The minimum Gasteiger partial charge on any atom is -0.300 e. The molecule has 1 aliphatic rings. The van der Waals surface area contributed by atoms with Gasteiger partial charge in [0, 0.05) is 12.0 Å². The predicted molar refractivity (Wildman–Crippen MR) is 147 cm³/mol. The van der Waals surface area contributed by atoms with Crippen LogP contribution in [-0.2, 0) is 25.7 Å². The molecule has 0 fully saturated rings. The maximum atomic E-state index is 2.76. The Morgan fingerprint density at radius 1 is 0.824 bits per heavy atom. The molecule has 3 aromatic rings. The van der Waals surface area contributed by atoms with E-state index >= 15 is 0 Å². The van der Waals surface area contributed by atoms with E-state index in [1.807, 2.05) is 0 Å². The van der Waals surface area contributed by atoms with Gasteiger partial charge in [-0.1, -0.05) is 97.4 Å². The Bertz CT molecular complexity index is 1080. The summed E-state index contributed by atoms with van der Waals surface area (Å²) in [5.74, 6) is 0.479. The number of aryl methyl sites for hydroxylation is 4.